The lowest BCUT2D eigenvalue weighted by Gasteiger charge is -2.37. The summed E-state index contributed by atoms with van der Waals surface area (Å²) in [5.74, 6) is 0.827. The number of carbonyl (C=O) groups is 1. The second-order valence-electron chi connectivity index (χ2n) is 9.83. The summed E-state index contributed by atoms with van der Waals surface area (Å²) >= 11 is 0. The van der Waals surface area contributed by atoms with E-state index < -0.39 is 16.0 Å². The molecule has 0 aliphatic heterocycles. The SMILES string of the molecule is [C-]#[N+]c1c(C(=O)OC2C(C)CC(C)CC2C)c(=C)n2nc(-c3ccc(N(CC)S(C)(=O)=O)cc3)nc12. The number of esters is 1. The Bertz CT molecular complexity index is 1480. The van der Waals surface area contributed by atoms with Crippen LogP contribution in [0.4, 0.5) is 11.4 Å². The van der Waals surface area contributed by atoms with E-state index in [0.717, 1.165) is 19.1 Å². The van der Waals surface area contributed by atoms with Crippen LogP contribution >= 0.6 is 0 Å². The second-order valence-corrected chi connectivity index (χ2v) is 11.7. The number of ether oxygens (including phenoxy) is 1. The fourth-order valence-electron chi connectivity index (χ4n) is 5.45. The van der Waals surface area contributed by atoms with Gasteiger partial charge in [0.15, 0.2) is 11.5 Å². The van der Waals surface area contributed by atoms with Gasteiger partial charge in [0.05, 0.1) is 29.4 Å². The van der Waals surface area contributed by atoms with E-state index in [4.69, 9.17) is 11.3 Å². The van der Waals surface area contributed by atoms with Crippen LogP contribution in [0.25, 0.3) is 28.5 Å². The standard InChI is InChI=1S/C26H31N5O4S/c1-8-30(36(7,33)34)20-11-9-19(10-12-20)24-28-25-22(27-6)21(18(5)31(25)29-24)26(32)35-23-16(3)13-15(2)14-17(23)4/h9-12,15-17,23H,5,8,13-14H2,1-4,7H3. The zero-order chi connectivity index (χ0) is 26.4. The summed E-state index contributed by atoms with van der Waals surface area (Å²) in [5, 5.41) is 4.74. The highest BCUT2D eigenvalue weighted by Gasteiger charge is 2.35. The van der Waals surface area contributed by atoms with Gasteiger partial charge in [-0.05, 0) is 61.8 Å². The molecule has 190 valence electrons. The molecule has 0 saturated heterocycles. The molecule has 3 aromatic rings. The molecule has 2 unspecified atom stereocenters. The molecular formula is C26H31N5O4S. The van der Waals surface area contributed by atoms with Crippen molar-refractivity contribution in [2.24, 2.45) is 17.8 Å². The lowest BCUT2D eigenvalue weighted by Crippen LogP contribution is -2.38. The third kappa shape index (κ3) is 4.55. The summed E-state index contributed by atoms with van der Waals surface area (Å²) in [5.41, 5.74) is 1.59. The van der Waals surface area contributed by atoms with E-state index in [-0.39, 0.29) is 40.2 Å². The minimum Gasteiger partial charge on any atom is -0.459 e. The monoisotopic (exact) mass is 509 g/mol. The lowest BCUT2D eigenvalue weighted by molar-refractivity contribution is -0.0252. The van der Waals surface area contributed by atoms with E-state index in [2.05, 4.69) is 42.3 Å². The zero-order valence-electron chi connectivity index (χ0n) is 21.2. The van der Waals surface area contributed by atoms with Crippen LogP contribution < -0.4 is 9.65 Å². The molecule has 0 spiro atoms. The summed E-state index contributed by atoms with van der Waals surface area (Å²) in [6.45, 7) is 20.2. The first-order valence-electron chi connectivity index (χ1n) is 12.0. The predicted molar refractivity (Wildman–Crippen MR) is 139 cm³/mol. The summed E-state index contributed by atoms with van der Waals surface area (Å²) in [7, 11) is -3.39. The van der Waals surface area contributed by atoms with Crippen molar-refractivity contribution in [1.82, 2.24) is 14.6 Å². The Labute approximate surface area is 211 Å². The summed E-state index contributed by atoms with van der Waals surface area (Å²) < 4.78 is 32.6. The van der Waals surface area contributed by atoms with Crippen LogP contribution in [-0.4, -0.2) is 47.9 Å². The van der Waals surface area contributed by atoms with Gasteiger partial charge in [0.2, 0.25) is 15.7 Å². The number of fused-ring (bicyclic) bond motifs is 1. The fraction of sp³-hybridized carbons (Fsp3) is 0.462. The van der Waals surface area contributed by atoms with Crippen LogP contribution in [0, 0.1) is 24.3 Å². The first kappa shape index (κ1) is 25.6. The second kappa shape index (κ2) is 9.54. The van der Waals surface area contributed by atoms with Crippen molar-refractivity contribution in [3.8, 4) is 11.4 Å². The maximum absolute atomic E-state index is 13.2. The lowest BCUT2D eigenvalue weighted by atomic mass is 9.75. The van der Waals surface area contributed by atoms with Crippen LogP contribution in [0.3, 0.4) is 0 Å². The van der Waals surface area contributed by atoms with Gasteiger partial charge in [-0.15, -0.1) is 5.10 Å². The quantitative estimate of drug-likeness (QED) is 0.367. The molecule has 0 radical (unpaired) electrons. The highest BCUT2D eigenvalue weighted by Crippen LogP contribution is 2.36. The van der Waals surface area contributed by atoms with Crippen molar-refractivity contribution < 1.29 is 17.9 Å². The van der Waals surface area contributed by atoms with Crippen molar-refractivity contribution in [3.63, 3.8) is 0 Å². The maximum Gasteiger partial charge on any atom is 0.330 e. The van der Waals surface area contributed by atoms with Crippen LogP contribution in [0.5, 0.6) is 0 Å². The molecule has 2 aromatic heterocycles. The summed E-state index contributed by atoms with van der Waals surface area (Å²) in [6.07, 6.45) is 2.92. The molecule has 0 N–H and O–H groups in total. The van der Waals surface area contributed by atoms with Crippen molar-refractivity contribution in [3.05, 3.63) is 46.6 Å². The van der Waals surface area contributed by atoms with Gasteiger partial charge < -0.3 is 4.74 Å². The Morgan fingerprint density at radius 1 is 1.22 bits per heavy atom. The van der Waals surface area contributed by atoms with Crippen LogP contribution in [-0.2, 0) is 14.8 Å². The number of benzene rings is 1. The number of anilines is 1. The minimum atomic E-state index is -3.39. The van der Waals surface area contributed by atoms with Gasteiger partial charge in [-0.3, -0.25) is 4.31 Å². The number of hydrogen-bond donors (Lipinski definition) is 0. The maximum atomic E-state index is 13.2. The van der Waals surface area contributed by atoms with E-state index in [0.29, 0.717) is 29.5 Å². The first-order chi connectivity index (χ1) is 17.0. The number of hydrogen-bond acceptors (Lipinski definition) is 6. The average Bonchev–Trinajstić information content (AvgIpc) is 3.34. The number of sulfonamides is 1. The Hall–Kier alpha value is -3.45. The molecular weight excluding hydrogens is 478 g/mol. The normalized spacial score (nSPS) is 22.3. The molecule has 4 rings (SSSR count). The Morgan fingerprint density at radius 2 is 1.83 bits per heavy atom. The van der Waals surface area contributed by atoms with E-state index in [9.17, 15) is 13.2 Å². The number of rotatable bonds is 6. The van der Waals surface area contributed by atoms with Gasteiger partial charge in [0.1, 0.15) is 6.10 Å². The van der Waals surface area contributed by atoms with Crippen molar-refractivity contribution in [2.75, 3.05) is 17.1 Å². The molecule has 1 fully saturated rings. The largest absolute Gasteiger partial charge is 0.459 e. The predicted octanol–water partition coefficient (Wildman–Crippen LogP) is 4.09. The molecule has 10 heteroatoms. The first-order valence-corrected chi connectivity index (χ1v) is 13.9. The van der Waals surface area contributed by atoms with Gasteiger partial charge in [-0.25, -0.2) is 27.6 Å². The van der Waals surface area contributed by atoms with E-state index in [1.807, 2.05) is 0 Å². The fourth-order valence-corrected chi connectivity index (χ4v) is 6.42. The smallest absolute Gasteiger partial charge is 0.330 e. The zero-order valence-corrected chi connectivity index (χ0v) is 22.0. The van der Waals surface area contributed by atoms with E-state index in [1.165, 1.54) is 8.82 Å². The molecule has 36 heavy (non-hydrogen) atoms. The van der Waals surface area contributed by atoms with Gasteiger partial charge in [-0.2, -0.15) is 0 Å². The van der Waals surface area contributed by atoms with Gasteiger partial charge in [-0.1, -0.05) is 27.4 Å². The minimum absolute atomic E-state index is 0.0686. The van der Waals surface area contributed by atoms with Crippen LogP contribution in [0.2, 0.25) is 0 Å². The van der Waals surface area contributed by atoms with Gasteiger partial charge in [0, 0.05) is 12.1 Å². The van der Waals surface area contributed by atoms with Crippen molar-refractivity contribution >= 4 is 39.6 Å². The van der Waals surface area contributed by atoms with Gasteiger partial charge >= 0.3 is 5.97 Å². The molecule has 1 aromatic carbocycles. The molecule has 0 amide bonds. The van der Waals surface area contributed by atoms with E-state index >= 15 is 0 Å². The summed E-state index contributed by atoms with van der Waals surface area (Å²) in [6, 6.07) is 6.81. The number of aromatic nitrogens is 3. The van der Waals surface area contributed by atoms with Crippen LogP contribution in [0.1, 0.15) is 50.9 Å². The molecule has 0 bridgehead atoms. The van der Waals surface area contributed by atoms with Gasteiger partial charge in [0.25, 0.3) is 0 Å². The molecule has 9 nitrogen and oxygen atoms in total. The highest BCUT2D eigenvalue weighted by atomic mass is 32.2. The Morgan fingerprint density at radius 3 is 2.36 bits per heavy atom. The molecule has 2 atom stereocenters. The Balaban J connectivity index is 1.65. The molecule has 1 saturated carbocycles. The van der Waals surface area contributed by atoms with Crippen molar-refractivity contribution in [1.29, 1.82) is 0 Å². The molecule has 2 heterocycles. The summed E-state index contributed by atoms with van der Waals surface area (Å²) in [4.78, 5) is 21.3. The molecule has 1 aliphatic carbocycles. The topological polar surface area (TPSA) is 98.2 Å². The highest BCUT2D eigenvalue weighted by molar-refractivity contribution is 7.92. The average molecular weight is 510 g/mol. The van der Waals surface area contributed by atoms with Crippen LogP contribution in [0.15, 0.2) is 24.3 Å². The number of nitrogens with zero attached hydrogens (tertiary/aromatic N) is 5. The third-order valence-electron chi connectivity index (χ3n) is 6.93. The van der Waals surface area contributed by atoms with Crippen molar-refractivity contribution in [2.45, 2.75) is 46.6 Å². The van der Waals surface area contributed by atoms with E-state index in [1.54, 1.807) is 31.2 Å². The molecule has 1 aliphatic rings. The number of carbonyl (C=O) groups excluding carboxylic acids is 1. The third-order valence-corrected chi connectivity index (χ3v) is 8.20. The Kier molecular flexibility index (Phi) is 6.80.